The number of rotatable bonds is 8. The number of ether oxygens (including phenoxy) is 1. The van der Waals surface area contributed by atoms with Crippen LogP contribution in [0.4, 0.5) is 13.2 Å². The average Bonchev–Trinajstić information content (AvgIpc) is 2.56. The molecule has 26 heavy (non-hydrogen) atoms. The van der Waals surface area contributed by atoms with Crippen molar-refractivity contribution >= 4 is 29.5 Å². The van der Waals surface area contributed by atoms with Gasteiger partial charge in [-0.15, -0.1) is 0 Å². The number of nitrogens with zero attached hydrogens (tertiary/aromatic N) is 1. The zero-order chi connectivity index (χ0) is 19.7. The molecule has 5 nitrogen and oxygen atoms in total. The Balaban J connectivity index is 2.62. The highest BCUT2D eigenvalue weighted by molar-refractivity contribution is 6.31. The van der Waals surface area contributed by atoms with Crippen LogP contribution in [0.1, 0.15) is 17.5 Å². The normalized spacial score (nSPS) is 11.6. The van der Waals surface area contributed by atoms with E-state index in [1.165, 1.54) is 19.2 Å². The van der Waals surface area contributed by atoms with Crippen LogP contribution in [-0.4, -0.2) is 50.6 Å². The van der Waals surface area contributed by atoms with Gasteiger partial charge in [-0.2, -0.15) is 13.2 Å². The number of benzene rings is 1. The number of carbonyl (C=O) groups is 2. The maximum Gasteiger partial charge on any atom is 0.417 e. The lowest BCUT2D eigenvalue weighted by Gasteiger charge is -2.15. The molecule has 0 fully saturated rings. The Morgan fingerprint density at radius 3 is 2.65 bits per heavy atom. The van der Waals surface area contributed by atoms with E-state index in [1.807, 2.05) is 0 Å². The molecule has 0 radical (unpaired) electrons. The molecule has 0 aliphatic carbocycles. The van der Waals surface area contributed by atoms with Crippen LogP contribution in [0.2, 0.25) is 5.02 Å². The third-order valence-corrected chi connectivity index (χ3v) is 3.65. The largest absolute Gasteiger partial charge is 0.417 e. The molecule has 0 saturated carbocycles. The van der Waals surface area contributed by atoms with Crippen LogP contribution in [0.25, 0.3) is 6.08 Å². The molecular weight excluding hydrogens is 373 g/mol. The molecule has 0 aliphatic heterocycles. The molecule has 0 aliphatic rings. The first-order valence-corrected chi connectivity index (χ1v) is 8.08. The molecule has 0 spiro atoms. The first-order chi connectivity index (χ1) is 12.1. The van der Waals surface area contributed by atoms with Gasteiger partial charge in [0.25, 0.3) is 0 Å². The van der Waals surface area contributed by atoms with Crippen LogP contribution in [0.3, 0.4) is 0 Å². The number of halogens is 4. The van der Waals surface area contributed by atoms with Crippen molar-refractivity contribution in [2.75, 3.05) is 33.9 Å². The second kappa shape index (κ2) is 10.2. The second-order valence-electron chi connectivity index (χ2n) is 5.46. The molecule has 0 unspecified atom stereocenters. The van der Waals surface area contributed by atoms with Crippen LogP contribution in [-0.2, 0) is 20.5 Å². The minimum absolute atomic E-state index is 0.162. The van der Waals surface area contributed by atoms with Crippen molar-refractivity contribution < 1.29 is 27.5 Å². The number of alkyl halides is 3. The monoisotopic (exact) mass is 392 g/mol. The van der Waals surface area contributed by atoms with E-state index in [0.29, 0.717) is 19.6 Å². The van der Waals surface area contributed by atoms with E-state index < -0.39 is 22.7 Å². The molecule has 0 bridgehead atoms. The predicted molar refractivity (Wildman–Crippen MR) is 92.6 cm³/mol. The van der Waals surface area contributed by atoms with Crippen LogP contribution in [0, 0.1) is 0 Å². The number of amides is 2. The van der Waals surface area contributed by atoms with Crippen molar-refractivity contribution in [3.05, 3.63) is 40.4 Å². The van der Waals surface area contributed by atoms with E-state index in [9.17, 15) is 22.8 Å². The van der Waals surface area contributed by atoms with Crippen LogP contribution < -0.4 is 5.32 Å². The fourth-order valence-corrected chi connectivity index (χ4v) is 2.18. The molecule has 1 aromatic carbocycles. The van der Waals surface area contributed by atoms with Crippen LogP contribution >= 0.6 is 11.6 Å². The van der Waals surface area contributed by atoms with Crippen molar-refractivity contribution in [2.45, 2.75) is 12.6 Å². The summed E-state index contributed by atoms with van der Waals surface area (Å²) < 4.78 is 43.3. The highest BCUT2D eigenvalue weighted by Crippen LogP contribution is 2.35. The number of likely N-dealkylation sites (N-methyl/N-ethyl adjacent to an activating group) is 1. The quantitative estimate of drug-likeness (QED) is 0.546. The van der Waals surface area contributed by atoms with Crippen LogP contribution in [0.15, 0.2) is 24.3 Å². The minimum atomic E-state index is -4.58. The van der Waals surface area contributed by atoms with E-state index in [1.54, 1.807) is 7.11 Å². The summed E-state index contributed by atoms with van der Waals surface area (Å²) in [5, 5.41) is 2.22. The fraction of sp³-hybridized carbons (Fsp3) is 0.412. The fourth-order valence-electron chi connectivity index (χ4n) is 1.95. The highest BCUT2D eigenvalue weighted by atomic mass is 35.5. The van der Waals surface area contributed by atoms with E-state index in [4.69, 9.17) is 16.3 Å². The van der Waals surface area contributed by atoms with Gasteiger partial charge in [-0.25, -0.2) is 0 Å². The molecule has 1 N–H and O–H groups in total. The van der Waals surface area contributed by atoms with Gasteiger partial charge in [0.1, 0.15) is 0 Å². The number of hydrogen-bond donors (Lipinski definition) is 1. The summed E-state index contributed by atoms with van der Waals surface area (Å²) in [5.41, 5.74) is -0.801. The maximum atomic E-state index is 12.8. The molecular formula is C17H20ClF3N2O3. The summed E-state index contributed by atoms with van der Waals surface area (Å²) >= 11 is 5.54. The molecule has 0 saturated heterocycles. The summed E-state index contributed by atoms with van der Waals surface area (Å²) in [7, 11) is 2.98. The third-order valence-electron chi connectivity index (χ3n) is 3.32. The lowest BCUT2D eigenvalue weighted by atomic mass is 10.1. The molecule has 144 valence electrons. The third kappa shape index (κ3) is 7.45. The number of carbonyl (C=O) groups excluding carboxylic acids is 2. The Morgan fingerprint density at radius 2 is 2.04 bits per heavy atom. The number of hydrogen-bond acceptors (Lipinski definition) is 3. The maximum absolute atomic E-state index is 12.8. The SMILES string of the molecule is COCCCNC(=O)CN(C)C(=O)/C=C/c1ccc(Cl)c(C(F)(F)F)c1. The highest BCUT2D eigenvalue weighted by Gasteiger charge is 2.33. The summed E-state index contributed by atoms with van der Waals surface area (Å²) in [6.07, 6.45) is -1.59. The van der Waals surface area contributed by atoms with Crippen molar-refractivity contribution in [2.24, 2.45) is 0 Å². The first kappa shape index (κ1) is 22.0. The Hall–Kier alpha value is -2.06. The standard InChI is InChI=1S/C17H20ClF3N2O3/c1-23(11-15(24)22-8-3-9-26-2)16(25)7-5-12-4-6-14(18)13(10-12)17(19,20)21/h4-7,10H,3,8-9,11H2,1-2H3,(H,22,24)/b7-5+. The summed E-state index contributed by atoms with van der Waals surface area (Å²) in [6.45, 7) is 0.777. The van der Waals surface area contributed by atoms with E-state index in [2.05, 4.69) is 5.32 Å². The second-order valence-corrected chi connectivity index (χ2v) is 5.87. The smallest absolute Gasteiger partial charge is 0.385 e. The van der Waals surface area contributed by atoms with Gasteiger partial charge in [0.05, 0.1) is 17.1 Å². The van der Waals surface area contributed by atoms with Crippen molar-refractivity contribution in [3.63, 3.8) is 0 Å². The topological polar surface area (TPSA) is 58.6 Å². The van der Waals surface area contributed by atoms with Crippen LogP contribution in [0.5, 0.6) is 0 Å². The lowest BCUT2D eigenvalue weighted by molar-refractivity contribution is -0.137. The van der Waals surface area contributed by atoms with E-state index >= 15 is 0 Å². The molecule has 0 heterocycles. The van der Waals surface area contributed by atoms with Gasteiger partial charge in [-0.05, 0) is 30.2 Å². The number of methoxy groups -OCH3 is 1. The van der Waals surface area contributed by atoms with Crippen molar-refractivity contribution in [3.8, 4) is 0 Å². The summed E-state index contributed by atoms with van der Waals surface area (Å²) in [5.74, 6) is -0.850. The van der Waals surface area contributed by atoms with Gasteiger partial charge in [-0.3, -0.25) is 9.59 Å². The molecule has 9 heteroatoms. The Kier molecular flexibility index (Phi) is 8.60. The Labute approximate surface area is 154 Å². The van der Waals surface area contributed by atoms with Gasteiger partial charge in [-0.1, -0.05) is 17.7 Å². The molecule has 0 aromatic heterocycles. The van der Waals surface area contributed by atoms with Gasteiger partial charge in [0, 0.05) is 33.4 Å². The zero-order valence-electron chi connectivity index (χ0n) is 14.4. The van der Waals surface area contributed by atoms with Crippen molar-refractivity contribution in [1.29, 1.82) is 0 Å². The zero-order valence-corrected chi connectivity index (χ0v) is 15.2. The predicted octanol–water partition coefficient (Wildman–Crippen LogP) is 2.98. The van der Waals surface area contributed by atoms with Gasteiger partial charge in [0.15, 0.2) is 0 Å². The minimum Gasteiger partial charge on any atom is -0.385 e. The Morgan fingerprint density at radius 1 is 1.35 bits per heavy atom. The summed E-state index contributed by atoms with van der Waals surface area (Å²) in [6, 6.07) is 3.34. The molecule has 2 amide bonds. The van der Waals surface area contributed by atoms with E-state index in [0.717, 1.165) is 23.1 Å². The van der Waals surface area contributed by atoms with Gasteiger partial charge < -0.3 is 15.0 Å². The lowest BCUT2D eigenvalue weighted by Crippen LogP contribution is -2.38. The summed E-state index contributed by atoms with van der Waals surface area (Å²) in [4.78, 5) is 24.8. The number of nitrogens with one attached hydrogen (secondary N) is 1. The van der Waals surface area contributed by atoms with Crippen molar-refractivity contribution in [1.82, 2.24) is 10.2 Å². The van der Waals surface area contributed by atoms with E-state index in [-0.39, 0.29) is 18.0 Å². The first-order valence-electron chi connectivity index (χ1n) is 7.70. The molecule has 1 rings (SSSR count). The van der Waals surface area contributed by atoms with Gasteiger partial charge >= 0.3 is 6.18 Å². The van der Waals surface area contributed by atoms with Gasteiger partial charge in [0.2, 0.25) is 11.8 Å². The molecule has 0 atom stereocenters. The average molecular weight is 393 g/mol. The molecule has 1 aromatic rings. The Bertz CT molecular complexity index is 663.